The van der Waals surface area contributed by atoms with Gasteiger partial charge in [0.05, 0.1) is 0 Å². The van der Waals surface area contributed by atoms with Crippen molar-refractivity contribution < 1.29 is 38.6 Å². The van der Waals surface area contributed by atoms with Crippen LogP contribution in [0.25, 0.3) is 0 Å². The predicted octanol–water partition coefficient (Wildman–Crippen LogP) is 2.06. The quantitative estimate of drug-likeness (QED) is 0.0971. The molecule has 33 heavy (non-hydrogen) atoms. The van der Waals surface area contributed by atoms with Crippen LogP contribution in [0.2, 0.25) is 0 Å². The molecule has 190 valence electrons. The van der Waals surface area contributed by atoms with Crippen molar-refractivity contribution in [3.63, 3.8) is 0 Å². The number of hydrogen-bond donors (Lipinski definition) is 7. The van der Waals surface area contributed by atoms with Crippen LogP contribution >= 0.6 is 38.4 Å². The summed E-state index contributed by atoms with van der Waals surface area (Å²) in [6.45, 7) is 3.05. The number of nitrogens with zero attached hydrogens (tertiary/aromatic N) is 1. The molecule has 0 fully saturated rings. The maximum Gasteiger partial charge on any atom is 0.369 e. The van der Waals surface area contributed by atoms with Crippen LogP contribution in [0.3, 0.4) is 0 Å². The van der Waals surface area contributed by atoms with Crippen molar-refractivity contribution in [2.75, 3.05) is 41.6 Å². The molecule has 0 bridgehead atoms. The highest BCUT2D eigenvalue weighted by molar-refractivity contribution is 7.72. The Hall–Kier alpha value is -0.870. The van der Waals surface area contributed by atoms with E-state index in [1.165, 1.54) is 0 Å². The first kappa shape index (κ1) is 30.2. The highest BCUT2D eigenvalue weighted by Gasteiger charge is 2.58. The van der Waals surface area contributed by atoms with E-state index in [0.717, 1.165) is 5.69 Å². The zero-order valence-corrected chi connectivity index (χ0v) is 21.4. The fourth-order valence-corrected chi connectivity index (χ4v) is 5.64. The van der Waals surface area contributed by atoms with Gasteiger partial charge in [-0.3, -0.25) is 13.9 Å². The van der Waals surface area contributed by atoms with Crippen molar-refractivity contribution >= 4 is 55.7 Å². The molecular formula is C18H31Cl2N3O8P2. The summed E-state index contributed by atoms with van der Waals surface area (Å²) < 4.78 is 22.6. The van der Waals surface area contributed by atoms with Crippen molar-refractivity contribution in [1.82, 2.24) is 5.32 Å². The summed E-state index contributed by atoms with van der Waals surface area (Å²) in [6, 6.07) is 6.81. The number of unbranched alkanes of at least 4 members (excludes halogenated alkanes) is 1. The van der Waals surface area contributed by atoms with Crippen LogP contribution in [0.4, 0.5) is 11.4 Å². The van der Waals surface area contributed by atoms with E-state index in [-0.39, 0.29) is 25.3 Å². The number of halogens is 2. The number of carbonyl (C=O) groups is 1. The van der Waals surface area contributed by atoms with Gasteiger partial charge in [0.25, 0.3) is 5.08 Å². The molecule has 15 heteroatoms. The van der Waals surface area contributed by atoms with E-state index in [2.05, 4.69) is 10.6 Å². The summed E-state index contributed by atoms with van der Waals surface area (Å²) in [7, 11) is -10.9. The summed E-state index contributed by atoms with van der Waals surface area (Å²) in [5.41, 5.74) is 1.66. The lowest BCUT2D eigenvalue weighted by Crippen LogP contribution is -2.38. The van der Waals surface area contributed by atoms with E-state index in [0.29, 0.717) is 30.5 Å². The number of hydrogen-bond acceptors (Lipinski definition) is 6. The molecule has 0 saturated heterocycles. The first-order valence-corrected chi connectivity index (χ1v) is 14.4. The van der Waals surface area contributed by atoms with Crippen molar-refractivity contribution in [3.05, 3.63) is 24.3 Å². The molecule has 1 aromatic carbocycles. The molecule has 0 heterocycles. The molecule has 11 nitrogen and oxygen atoms in total. The number of alkyl halides is 2. The fraction of sp³-hybridized carbons (Fsp3) is 0.611. The van der Waals surface area contributed by atoms with Crippen LogP contribution in [-0.2, 0) is 13.9 Å². The summed E-state index contributed by atoms with van der Waals surface area (Å²) in [5, 5.41) is 12.1. The minimum absolute atomic E-state index is 0.0913. The molecule has 0 aliphatic heterocycles. The molecule has 1 atom stereocenters. The summed E-state index contributed by atoms with van der Waals surface area (Å²) in [6.07, 6.45) is -0.800. The Bertz CT molecular complexity index is 822. The second-order valence-corrected chi connectivity index (χ2v) is 12.2. The molecule has 0 aliphatic carbocycles. The van der Waals surface area contributed by atoms with Gasteiger partial charge in [-0.05, 0) is 50.5 Å². The summed E-state index contributed by atoms with van der Waals surface area (Å²) in [5.74, 6) is 0.586. The maximum atomic E-state index is 12.3. The number of carbonyl (C=O) groups excluding carboxylic acids is 1. The molecule has 1 amide bonds. The topological polar surface area (TPSA) is 180 Å². The molecule has 0 spiro atoms. The third-order valence-electron chi connectivity index (χ3n) is 4.89. The zero-order valence-electron chi connectivity index (χ0n) is 18.1. The van der Waals surface area contributed by atoms with Gasteiger partial charge in [-0.2, -0.15) is 0 Å². The SMILES string of the molecule is C[C@H](Nc1ccc(N(CCCl)CCCl)cc1)C(=O)NCCCCC(O)(P(=O)(O)O)P(=O)(O)O. The average molecular weight is 550 g/mol. The Morgan fingerprint density at radius 3 is 2.00 bits per heavy atom. The summed E-state index contributed by atoms with van der Waals surface area (Å²) in [4.78, 5) is 50.7. The van der Waals surface area contributed by atoms with Crippen LogP contribution in [0.15, 0.2) is 24.3 Å². The highest BCUT2D eigenvalue weighted by atomic mass is 35.5. The van der Waals surface area contributed by atoms with Gasteiger partial charge >= 0.3 is 15.2 Å². The summed E-state index contributed by atoms with van der Waals surface area (Å²) >= 11 is 11.6. The van der Waals surface area contributed by atoms with E-state index >= 15 is 0 Å². The van der Waals surface area contributed by atoms with Crippen molar-refractivity contribution in [1.29, 1.82) is 0 Å². The minimum atomic E-state index is -5.47. The lowest BCUT2D eigenvalue weighted by Gasteiger charge is -2.29. The van der Waals surface area contributed by atoms with Crippen molar-refractivity contribution in [2.45, 2.75) is 37.3 Å². The minimum Gasteiger partial charge on any atom is -0.374 e. The Labute approximate surface area is 202 Å². The number of rotatable bonds is 15. The number of anilines is 2. The Balaban J connectivity index is 2.52. The number of amides is 1. The number of nitrogens with one attached hydrogen (secondary N) is 2. The smallest absolute Gasteiger partial charge is 0.369 e. The number of benzene rings is 1. The van der Waals surface area contributed by atoms with Gasteiger partial charge < -0.3 is 40.2 Å². The van der Waals surface area contributed by atoms with Crippen LogP contribution in [-0.4, -0.2) is 73.1 Å². The van der Waals surface area contributed by atoms with Gasteiger partial charge in [0, 0.05) is 42.8 Å². The van der Waals surface area contributed by atoms with Crippen molar-refractivity contribution in [2.24, 2.45) is 0 Å². The molecule has 1 rings (SSSR count). The van der Waals surface area contributed by atoms with Gasteiger partial charge in [-0.1, -0.05) is 0 Å². The van der Waals surface area contributed by atoms with Crippen LogP contribution < -0.4 is 15.5 Å². The molecule has 0 saturated carbocycles. The molecule has 0 unspecified atom stereocenters. The van der Waals surface area contributed by atoms with E-state index < -0.39 is 32.7 Å². The van der Waals surface area contributed by atoms with Crippen LogP contribution in [0, 0.1) is 0 Å². The Kier molecular flexibility index (Phi) is 12.1. The van der Waals surface area contributed by atoms with Gasteiger partial charge in [0.15, 0.2) is 0 Å². The second kappa shape index (κ2) is 13.3. The second-order valence-electron chi connectivity index (χ2n) is 7.39. The van der Waals surface area contributed by atoms with E-state index in [4.69, 9.17) is 42.8 Å². The largest absolute Gasteiger partial charge is 0.374 e. The Morgan fingerprint density at radius 1 is 1.03 bits per heavy atom. The average Bonchev–Trinajstić information content (AvgIpc) is 2.72. The van der Waals surface area contributed by atoms with Gasteiger partial charge in [0.2, 0.25) is 5.91 Å². The van der Waals surface area contributed by atoms with Crippen molar-refractivity contribution in [3.8, 4) is 0 Å². The molecule has 0 radical (unpaired) electrons. The van der Waals surface area contributed by atoms with Crippen LogP contribution in [0.1, 0.15) is 26.2 Å². The lowest BCUT2D eigenvalue weighted by molar-refractivity contribution is -0.121. The number of aliphatic hydroxyl groups is 1. The highest BCUT2D eigenvalue weighted by Crippen LogP contribution is 2.69. The molecule has 1 aromatic rings. The third kappa shape index (κ3) is 9.02. The van der Waals surface area contributed by atoms with E-state index in [9.17, 15) is 19.0 Å². The van der Waals surface area contributed by atoms with Crippen LogP contribution in [0.5, 0.6) is 0 Å². The lowest BCUT2D eigenvalue weighted by atomic mass is 10.2. The van der Waals surface area contributed by atoms with Gasteiger partial charge in [0.1, 0.15) is 6.04 Å². The molecule has 7 N–H and O–H groups in total. The monoisotopic (exact) mass is 549 g/mol. The first-order chi connectivity index (χ1) is 15.3. The standard InChI is InChI=1S/C18H31Cl2N3O8P2/c1-14(22-15-4-6-16(7-5-15)23(12-9-19)13-10-20)17(24)21-11-3-2-8-18(25,32(26,27)28)33(29,30)31/h4-7,14,22,25H,2-3,8-13H2,1H3,(H,21,24)(H2,26,27,28)(H2,29,30,31)/t14-/m0/s1. The fourth-order valence-electron chi connectivity index (χ4n) is 2.97. The normalized spacial score (nSPS) is 13.5. The predicted molar refractivity (Wildman–Crippen MR) is 129 cm³/mol. The molecular weight excluding hydrogens is 519 g/mol. The molecule has 0 aliphatic rings. The van der Waals surface area contributed by atoms with E-state index in [1.54, 1.807) is 6.92 Å². The first-order valence-electron chi connectivity index (χ1n) is 10.1. The third-order valence-corrected chi connectivity index (χ3v) is 9.10. The van der Waals surface area contributed by atoms with E-state index in [1.807, 2.05) is 29.2 Å². The zero-order chi connectivity index (χ0) is 25.3. The maximum absolute atomic E-state index is 12.3. The molecule has 0 aromatic heterocycles. The van der Waals surface area contributed by atoms with Gasteiger partial charge in [-0.15, -0.1) is 23.2 Å². The van der Waals surface area contributed by atoms with Gasteiger partial charge in [-0.25, -0.2) is 0 Å². The Morgan fingerprint density at radius 2 is 1.55 bits per heavy atom.